The van der Waals surface area contributed by atoms with Crippen molar-refractivity contribution in [2.45, 2.75) is 13.0 Å². The molecule has 0 spiro atoms. The summed E-state index contributed by atoms with van der Waals surface area (Å²) in [7, 11) is 3.33. The van der Waals surface area contributed by atoms with Crippen molar-refractivity contribution in [3.8, 4) is 11.5 Å². The highest BCUT2D eigenvalue weighted by Gasteiger charge is 2.21. The summed E-state index contributed by atoms with van der Waals surface area (Å²) in [5, 5.41) is 9.94. The SMILES string of the molecule is CCOCC(O)CN1CCN(c2ccc(OC)cc2OC)CC1. The number of benzene rings is 1. The molecule has 0 saturated carbocycles. The predicted molar refractivity (Wildman–Crippen MR) is 90.7 cm³/mol. The number of anilines is 1. The highest BCUT2D eigenvalue weighted by molar-refractivity contribution is 5.61. The lowest BCUT2D eigenvalue weighted by atomic mass is 10.2. The van der Waals surface area contributed by atoms with Crippen LogP contribution in [0.1, 0.15) is 6.92 Å². The summed E-state index contributed by atoms with van der Waals surface area (Å²) in [6.45, 7) is 7.29. The van der Waals surface area contributed by atoms with Crippen molar-refractivity contribution < 1.29 is 19.3 Å². The van der Waals surface area contributed by atoms with Gasteiger partial charge in [-0.1, -0.05) is 0 Å². The van der Waals surface area contributed by atoms with E-state index in [1.165, 1.54) is 0 Å². The van der Waals surface area contributed by atoms with Crippen molar-refractivity contribution >= 4 is 5.69 Å². The normalized spacial score (nSPS) is 17.1. The zero-order valence-electron chi connectivity index (χ0n) is 14.3. The molecule has 1 aromatic rings. The minimum Gasteiger partial charge on any atom is -0.497 e. The monoisotopic (exact) mass is 324 g/mol. The molecule has 1 fully saturated rings. The first-order chi connectivity index (χ1) is 11.2. The quantitative estimate of drug-likeness (QED) is 0.776. The molecule has 1 aromatic carbocycles. The van der Waals surface area contributed by atoms with Gasteiger partial charge in [-0.05, 0) is 19.1 Å². The maximum Gasteiger partial charge on any atom is 0.145 e. The molecule has 0 radical (unpaired) electrons. The fourth-order valence-corrected chi connectivity index (χ4v) is 2.82. The lowest BCUT2D eigenvalue weighted by Crippen LogP contribution is -2.49. The van der Waals surface area contributed by atoms with Crippen LogP contribution in [-0.4, -0.2) is 76.3 Å². The van der Waals surface area contributed by atoms with E-state index in [0.29, 0.717) is 19.8 Å². The van der Waals surface area contributed by atoms with Gasteiger partial charge in [0, 0.05) is 45.4 Å². The van der Waals surface area contributed by atoms with E-state index in [0.717, 1.165) is 43.4 Å². The zero-order chi connectivity index (χ0) is 16.7. The van der Waals surface area contributed by atoms with Crippen LogP contribution in [-0.2, 0) is 4.74 Å². The summed E-state index contributed by atoms with van der Waals surface area (Å²) in [5.74, 6) is 1.62. The number of aliphatic hydroxyl groups excluding tert-OH is 1. The van der Waals surface area contributed by atoms with E-state index in [1.807, 2.05) is 25.1 Å². The minimum absolute atomic E-state index is 0.406. The number of ether oxygens (including phenoxy) is 3. The van der Waals surface area contributed by atoms with E-state index in [-0.39, 0.29) is 0 Å². The molecule has 0 bridgehead atoms. The number of hydrogen-bond acceptors (Lipinski definition) is 6. The minimum atomic E-state index is -0.419. The lowest BCUT2D eigenvalue weighted by Gasteiger charge is -2.37. The van der Waals surface area contributed by atoms with Gasteiger partial charge in [0.05, 0.1) is 32.6 Å². The molecule has 1 unspecified atom stereocenters. The molecule has 6 heteroatoms. The Hall–Kier alpha value is -1.50. The smallest absolute Gasteiger partial charge is 0.145 e. The van der Waals surface area contributed by atoms with E-state index in [2.05, 4.69) is 9.80 Å². The van der Waals surface area contributed by atoms with Crippen LogP contribution >= 0.6 is 0 Å². The summed E-state index contributed by atoms with van der Waals surface area (Å²) >= 11 is 0. The van der Waals surface area contributed by atoms with Crippen LogP contribution in [0, 0.1) is 0 Å². The second-order valence-corrected chi connectivity index (χ2v) is 5.64. The number of rotatable bonds is 8. The van der Waals surface area contributed by atoms with Gasteiger partial charge < -0.3 is 24.2 Å². The number of β-amino-alcohol motifs (C(OH)–C–C–N with tert-alkyl or cyclic N) is 1. The first kappa shape index (κ1) is 17.8. The van der Waals surface area contributed by atoms with Crippen molar-refractivity contribution in [2.75, 3.05) is 65.1 Å². The number of hydrogen-bond donors (Lipinski definition) is 1. The predicted octanol–water partition coefficient (Wildman–Crippen LogP) is 1.22. The van der Waals surface area contributed by atoms with Crippen molar-refractivity contribution in [3.63, 3.8) is 0 Å². The Bertz CT molecular complexity index is 476. The van der Waals surface area contributed by atoms with Crippen LogP contribution < -0.4 is 14.4 Å². The van der Waals surface area contributed by atoms with Crippen LogP contribution in [0.15, 0.2) is 18.2 Å². The number of nitrogens with zero attached hydrogens (tertiary/aromatic N) is 2. The fraction of sp³-hybridized carbons (Fsp3) is 0.647. The molecular weight excluding hydrogens is 296 g/mol. The van der Waals surface area contributed by atoms with Crippen molar-refractivity contribution in [2.24, 2.45) is 0 Å². The Balaban J connectivity index is 1.89. The second kappa shape index (κ2) is 8.96. The molecular formula is C17H28N2O4. The third-order valence-corrected chi connectivity index (χ3v) is 4.08. The first-order valence-electron chi connectivity index (χ1n) is 8.13. The molecule has 23 heavy (non-hydrogen) atoms. The maximum absolute atomic E-state index is 9.94. The van der Waals surface area contributed by atoms with Gasteiger partial charge in [0.1, 0.15) is 11.5 Å². The van der Waals surface area contributed by atoms with Gasteiger partial charge in [-0.2, -0.15) is 0 Å². The Morgan fingerprint density at radius 2 is 1.87 bits per heavy atom. The van der Waals surface area contributed by atoms with Crippen molar-refractivity contribution in [3.05, 3.63) is 18.2 Å². The third-order valence-electron chi connectivity index (χ3n) is 4.08. The topological polar surface area (TPSA) is 54.4 Å². The molecule has 1 aliphatic rings. The first-order valence-corrected chi connectivity index (χ1v) is 8.13. The van der Waals surface area contributed by atoms with E-state index in [1.54, 1.807) is 14.2 Å². The maximum atomic E-state index is 9.94. The van der Waals surface area contributed by atoms with Gasteiger partial charge in [-0.15, -0.1) is 0 Å². The average molecular weight is 324 g/mol. The molecule has 1 N–H and O–H groups in total. The van der Waals surface area contributed by atoms with Gasteiger partial charge >= 0.3 is 0 Å². The van der Waals surface area contributed by atoms with Gasteiger partial charge in [0.25, 0.3) is 0 Å². The molecule has 2 rings (SSSR count). The number of methoxy groups -OCH3 is 2. The number of piperazine rings is 1. The molecule has 0 aliphatic carbocycles. The second-order valence-electron chi connectivity index (χ2n) is 5.64. The Morgan fingerprint density at radius 1 is 1.13 bits per heavy atom. The molecule has 0 aromatic heterocycles. The molecule has 1 aliphatic heterocycles. The third kappa shape index (κ3) is 4.99. The Kier molecular flexibility index (Phi) is 6.95. The van der Waals surface area contributed by atoms with Crippen molar-refractivity contribution in [1.29, 1.82) is 0 Å². The zero-order valence-corrected chi connectivity index (χ0v) is 14.3. The Morgan fingerprint density at radius 3 is 2.48 bits per heavy atom. The fourth-order valence-electron chi connectivity index (χ4n) is 2.82. The van der Waals surface area contributed by atoms with Crippen LogP contribution in [0.4, 0.5) is 5.69 Å². The summed E-state index contributed by atoms with van der Waals surface area (Å²) in [5.41, 5.74) is 1.09. The van der Waals surface area contributed by atoms with Gasteiger partial charge in [0.15, 0.2) is 0 Å². The van der Waals surface area contributed by atoms with Gasteiger partial charge in [0.2, 0.25) is 0 Å². The van der Waals surface area contributed by atoms with Crippen LogP contribution in [0.3, 0.4) is 0 Å². The molecule has 6 nitrogen and oxygen atoms in total. The van der Waals surface area contributed by atoms with Gasteiger partial charge in [-0.25, -0.2) is 0 Å². The molecule has 130 valence electrons. The summed E-state index contributed by atoms with van der Waals surface area (Å²) < 4.78 is 16.0. The molecule has 0 amide bonds. The highest BCUT2D eigenvalue weighted by Crippen LogP contribution is 2.32. The van der Waals surface area contributed by atoms with Gasteiger partial charge in [-0.3, -0.25) is 4.90 Å². The molecule has 1 atom stereocenters. The van der Waals surface area contributed by atoms with E-state index >= 15 is 0 Å². The van der Waals surface area contributed by atoms with Crippen molar-refractivity contribution in [1.82, 2.24) is 4.90 Å². The molecule has 1 heterocycles. The highest BCUT2D eigenvalue weighted by atomic mass is 16.5. The lowest BCUT2D eigenvalue weighted by molar-refractivity contribution is 0.0202. The molecule has 1 saturated heterocycles. The summed E-state index contributed by atoms with van der Waals surface area (Å²) in [4.78, 5) is 4.58. The van der Waals surface area contributed by atoms with Crippen LogP contribution in [0.5, 0.6) is 11.5 Å². The van der Waals surface area contributed by atoms with E-state index < -0.39 is 6.10 Å². The summed E-state index contributed by atoms with van der Waals surface area (Å²) in [6, 6.07) is 5.90. The average Bonchev–Trinajstić information content (AvgIpc) is 2.60. The largest absolute Gasteiger partial charge is 0.497 e. The van der Waals surface area contributed by atoms with Crippen LogP contribution in [0.2, 0.25) is 0 Å². The Labute approximate surface area is 138 Å². The van der Waals surface area contributed by atoms with E-state index in [4.69, 9.17) is 14.2 Å². The van der Waals surface area contributed by atoms with E-state index in [9.17, 15) is 5.11 Å². The van der Waals surface area contributed by atoms with Crippen LogP contribution in [0.25, 0.3) is 0 Å². The summed E-state index contributed by atoms with van der Waals surface area (Å²) in [6.07, 6.45) is -0.419. The number of aliphatic hydroxyl groups is 1. The standard InChI is InChI=1S/C17H28N2O4/c1-4-23-13-14(20)12-18-7-9-19(10-8-18)16-6-5-15(21-2)11-17(16)22-3/h5-6,11,14,20H,4,7-10,12-13H2,1-3H3.